The maximum atomic E-state index is 12.3. The summed E-state index contributed by atoms with van der Waals surface area (Å²) in [6, 6.07) is 9.72. The highest BCUT2D eigenvalue weighted by Crippen LogP contribution is 2.55. The Morgan fingerprint density at radius 3 is 2.55 bits per heavy atom. The molecule has 5 heteroatoms. The Kier molecular flexibility index (Phi) is 3.81. The fraction of sp³-hybridized carbons (Fsp3) is 0.588. The zero-order valence-corrected chi connectivity index (χ0v) is 13.7. The van der Waals surface area contributed by atoms with E-state index in [1.165, 1.54) is 0 Å². The largest absolute Gasteiger partial charge is 0.461 e. The Hall–Kier alpha value is -1.33. The molecular weight excluding hydrogens is 279 g/mol. The Bertz CT molecular complexity index is 559. The van der Waals surface area contributed by atoms with Crippen LogP contribution in [0.4, 0.5) is 0 Å². The average Bonchev–Trinajstić information content (AvgIpc) is 2.81. The molecule has 2 bridgehead atoms. The predicted octanol–water partition coefficient (Wildman–Crippen LogP) is 1.66. The van der Waals surface area contributed by atoms with Crippen molar-refractivity contribution in [3.63, 3.8) is 0 Å². The van der Waals surface area contributed by atoms with Crippen molar-refractivity contribution in [2.75, 3.05) is 0 Å². The summed E-state index contributed by atoms with van der Waals surface area (Å²) < 4.78 is 17.7. The Balaban J connectivity index is 1.67. The lowest BCUT2D eigenvalue weighted by atomic mass is 9.76. The van der Waals surface area contributed by atoms with E-state index in [0.29, 0.717) is 6.61 Å². The molecule has 1 unspecified atom stereocenters. The summed E-state index contributed by atoms with van der Waals surface area (Å²) in [5.41, 5.74) is -0.0813. The summed E-state index contributed by atoms with van der Waals surface area (Å²) >= 11 is 0. The molecular formula is C17H23BO4. The molecule has 4 nitrogen and oxygen atoms in total. The van der Waals surface area contributed by atoms with Crippen molar-refractivity contribution in [3.05, 3.63) is 35.9 Å². The van der Waals surface area contributed by atoms with Gasteiger partial charge in [-0.2, -0.15) is 0 Å². The van der Waals surface area contributed by atoms with Crippen molar-refractivity contribution in [1.29, 1.82) is 0 Å². The highest BCUT2D eigenvalue weighted by molar-refractivity contribution is 6.11. The molecule has 22 heavy (non-hydrogen) atoms. The maximum absolute atomic E-state index is 12.3. The van der Waals surface area contributed by atoms with E-state index in [0.717, 1.165) is 5.56 Å². The lowest BCUT2D eigenvalue weighted by Crippen LogP contribution is -2.54. The quantitative estimate of drug-likeness (QED) is 0.627. The lowest BCUT2D eigenvalue weighted by molar-refractivity contribution is -0.213. The van der Waals surface area contributed by atoms with Gasteiger partial charge in [0.2, 0.25) is 0 Å². The second kappa shape index (κ2) is 5.39. The summed E-state index contributed by atoms with van der Waals surface area (Å²) in [5.74, 6) is -0.0519. The van der Waals surface area contributed by atoms with Crippen LogP contribution in [0, 0.1) is 5.92 Å². The van der Waals surface area contributed by atoms with E-state index in [9.17, 15) is 4.79 Å². The Labute approximate surface area is 132 Å². The third kappa shape index (κ3) is 2.36. The first-order valence-electron chi connectivity index (χ1n) is 7.91. The average molecular weight is 302 g/mol. The van der Waals surface area contributed by atoms with Crippen LogP contribution in [-0.4, -0.2) is 37.1 Å². The van der Waals surface area contributed by atoms with Gasteiger partial charge in [0.1, 0.15) is 20.1 Å². The number of carbonyl (C=O) groups is 1. The molecule has 118 valence electrons. The minimum atomic E-state index is -0.592. The molecule has 2 fully saturated rings. The van der Waals surface area contributed by atoms with E-state index in [4.69, 9.17) is 14.2 Å². The molecule has 3 rings (SSSR count). The zero-order valence-electron chi connectivity index (χ0n) is 13.7. The first-order valence-corrected chi connectivity index (χ1v) is 7.91. The molecule has 2 aliphatic heterocycles. The van der Waals surface area contributed by atoms with E-state index in [1.807, 2.05) is 52.0 Å². The molecule has 0 saturated carbocycles. The summed E-state index contributed by atoms with van der Waals surface area (Å²) in [6.07, 6.45) is 0.284. The van der Waals surface area contributed by atoms with Crippen LogP contribution in [0.25, 0.3) is 0 Å². The molecule has 1 aromatic carbocycles. The van der Waals surface area contributed by atoms with Gasteiger partial charge in [0.15, 0.2) is 0 Å². The first kappa shape index (κ1) is 15.6. The number of hydrogen-bond acceptors (Lipinski definition) is 4. The van der Waals surface area contributed by atoms with E-state index >= 15 is 0 Å². The number of carbonyl (C=O) groups excluding carboxylic acids is 1. The topological polar surface area (TPSA) is 44.8 Å². The van der Waals surface area contributed by atoms with Crippen molar-refractivity contribution in [2.24, 2.45) is 5.92 Å². The van der Waals surface area contributed by atoms with Crippen molar-refractivity contribution in [1.82, 2.24) is 0 Å². The fourth-order valence-electron chi connectivity index (χ4n) is 3.93. The summed E-state index contributed by atoms with van der Waals surface area (Å²) in [6.45, 7) is 6.40. The third-order valence-electron chi connectivity index (χ3n) is 5.19. The Morgan fingerprint density at radius 2 is 1.95 bits per heavy atom. The monoisotopic (exact) mass is 302 g/mol. The third-order valence-corrected chi connectivity index (χ3v) is 5.19. The molecule has 0 spiro atoms. The van der Waals surface area contributed by atoms with Gasteiger partial charge < -0.3 is 14.2 Å². The molecule has 0 radical (unpaired) electrons. The van der Waals surface area contributed by atoms with Gasteiger partial charge in [-0.3, -0.25) is 4.79 Å². The molecule has 2 saturated heterocycles. The molecule has 0 aromatic heterocycles. The number of hydrogen-bond donors (Lipinski definition) is 0. The fourth-order valence-corrected chi connectivity index (χ4v) is 3.93. The van der Waals surface area contributed by atoms with E-state index in [1.54, 1.807) is 0 Å². The van der Waals surface area contributed by atoms with Crippen LogP contribution >= 0.6 is 0 Å². The van der Waals surface area contributed by atoms with Gasteiger partial charge in [-0.25, -0.2) is 0 Å². The SMILES string of the molecule is B[C@@H]1O[C@]2(CC(=O)OCc3ccccc3)[C@H](C)C1OC2(C)C. The number of rotatable bonds is 4. The van der Waals surface area contributed by atoms with Gasteiger partial charge in [-0.1, -0.05) is 37.3 Å². The molecule has 2 heterocycles. The van der Waals surface area contributed by atoms with Gasteiger partial charge in [-0.05, 0) is 19.4 Å². The van der Waals surface area contributed by atoms with E-state index in [2.05, 4.69) is 6.92 Å². The summed E-state index contributed by atoms with van der Waals surface area (Å²) in [7, 11) is 2.01. The lowest BCUT2D eigenvalue weighted by Gasteiger charge is -2.43. The van der Waals surface area contributed by atoms with Crippen LogP contribution in [-0.2, 0) is 25.6 Å². The van der Waals surface area contributed by atoms with Crippen LogP contribution < -0.4 is 0 Å². The summed E-state index contributed by atoms with van der Waals surface area (Å²) in [5, 5.41) is 0. The number of ether oxygens (including phenoxy) is 3. The molecule has 0 N–H and O–H groups in total. The van der Waals surface area contributed by atoms with Crippen LogP contribution in [0.5, 0.6) is 0 Å². The molecule has 2 aliphatic rings. The maximum Gasteiger partial charge on any atom is 0.309 e. The standard InChI is InChI=1S/C17H23BO4/c1-11-14-15(18)22-17(11,16(2,3)21-14)9-13(19)20-10-12-7-5-4-6-8-12/h4-8,11,14-15H,9-10,18H2,1-3H3/t11-,14?,15-,17-/m1/s1. The van der Waals surface area contributed by atoms with Crippen LogP contribution in [0.1, 0.15) is 32.8 Å². The number of esters is 1. The first-order chi connectivity index (χ1) is 10.4. The highest BCUT2D eigenvalue weighted by Gasteiger charge is 2.67. The second-order valence-corrected chi connectivity index (χ2v) is 6.92. The van der Waals surface area contributed by atoms with Crippen LogP contribution in [0.2, 0.25) is 0 Å². The minimum Gasteiger partial charge on any atom is -0.461 e. The van der Waals surface area contributed by atoms with Crippen molar-refractivity contribution < 1.29 is 19.0 Å². The van der Waals surface area contributed by atoms with Crippen LogP contribution in [0.3, 0.4) is 0 Å². The molecule has 4 atom stereocenters. The van der Waals surface area contributed by atoms with Gasteiger partial charge in [-0.15, -0.1) is 0 Å². The summed E-state index contributed by atoms with van der Waals surface area (Å²) in [4.78, 5) is 12.3. The zero-order chi connectivity index (χ0) is 16.0. The van der Waals surface area contributed by atoms with E-state index < -0.39 is 11.2 Å². The number of benzene rings is 1. The van der Waals surface area contributed by atoms with Crippen molar-refractivity contribution in [2.45, 2.75) is 57.1 Å². The molecule has 0 aliphatic carbocycles. The predicted molar refractivity (Wildman–Crippen MR) is 85.1 cm³/mol. The van der Waals surface area contributed by atoms with Gasteiger partial charge in [0.25, 0.3) is 0 Å². The smallest absolute Gasteiger partial charge is 0.309 e. The van der Waals surface area contributed by atoms with Crippen molar-refractivity contribution >= 4 is 13.8 Å². The molecule has 1 aromatic rings. The Morgan fingerprint density at radius 1 is 1.27 bits per heavy atom. The molecule has 0 amide bonds. The minimum absolute atomic E-state index is 0.0185. The normalized spacial score (nSPS) is 35.5. The van der Waals surface area contributed by atoms with Gasteiger partial charge in [0, 0.05) is 5.92 Å². The van der Waals surface area contributed by atoms with E-state index in [-0.39, 0.29) is 30.4 Å². The van der Waals surface area contributed by atoms with Gasteiger partial charge in [0.05, 0.1) is 24.1 Å². The van der Waals surface area contributed by atoms with Gasteiger partial charge >= 0.3 is 5.97 Å². The van der Waals surface area contributed by atoms with Crippen LogP contribution in [0.15, 0.2) is 30.3 Å². The number of fused-ring (bicyclic) bond motifs is 2. The second-order valence-electron chi connectivity index (χ2n) is 6.92. The highest BCUT2D eigenvalue weighted by atomic mass is 16.6. The van der Waals surface area contributed by atoms with Crippen molar-refractivity contribution in [3.8, 4) is 0 Å².